The molecule has 0 saturated carbocycles. The van der Waals surface area contributed by atoms with E-state index in [0.717, 1.165) is 0 Å². The molecule has 1 N–H and O–H groups in total. The van der Waals surface area contributed by atoms with Crippen LogP contribution in [0.25, 0.3) is 22.4 Å². The van der Waals surface area contributed by atoms with E-state index >= 15 is 0 Å². The molecule has 10 heteroatoms. The van der Waals surface area contributed by atoms with Crippen LogP contribution in [-0.4, -0.2) is 30.4 Å². The number of aromatic amines is 1. The number of hydrogen-bond donors (Lipinski definition) is 1. The first-order valence-corrected chi connectivity index (χ1v) is 6.39. The molecule has 0 fully saturated rings. The minimum atomic E-state index is -3.56. The van der Waals surface area contributed by atoms with Crippen molar-refractivity contribution in [1.82, 2.24) is 30.4 Å². The summed E-state index contributed by atoms with van der Waals surface area (Å²) in [6.07, 6.45) is 1.19. The molecule has 2 heterocycles. The molecule has 0 amide bonds. The van der Waals surface area contributed by atoms with E-state index in [1.54, 1.807) is 12.1 Å². The van der Waals surface area contributed by atoms with Crippen molar-refractivity contribution in [2.24, 2.45) is 0 Å². The topological polar surface area (TPSA) is 80.2 Å². The number of rotatable bonds is 2. The molecule has 0 aliphatic carbocycles. The molecule has 0 spiro atoms. The summed E-state index contributed by atoms with van der Waals surface area (Å²) in [6.45, 7) is 0. The van der Waals surface area contributed by atoms with Crippen molar-refractivity contribution in [2.45, 2.75) is 5.38 Å². The Morgan fingerprint density at radius 3 is 2.55 bits per heavy atom. The van der Waals surface area contributed by atoms with Gasteiger partial charge in [0.1, 0.15) is 0 Å². The maximum absolute atomic E-state index is 13.0. The largest absolute Gasteiger partial charge is 0.379 e. The second kappa shape index (κ2) is 4.67. The van der Waals surface area contributed by atoms with Gasteiger partial charge in [0.25, 0.3) is 0 Å². The summed E-state index contributed by atoms with van der Waals surface area (Å²) < 4.78 is 26.7. The molecule has 6 nitrogen and oxygen atoms in total. The summed E-state index contributed by atoms with van der Waals surface area (Å²) in [7, 11) is 0. The lowest BCUT2D eigenvalue weighted by Crippen LogP contribution is -2.05. The molecule has 0 aliphatic rings. The first-order chi connectivity index (χ1) is 9.45. The van der Waals surface area contributed by atoms with Crippen molar-refractivity contribution in [3.05, 3.63) is 28.8 Å². The zero-order valence-corrected chi connectivity index (χ0v) is 11.8. The Morgan fingerprint density at radius 1 is 1.20 bits per heavy atom. The van der Waals surface area contributed by atoms with E-state index in [1.807, 2.05) is 0 Å². The number of aromatic nitrogens is 6. The third-order valence-electron chi connectivity index (χ3n) is 2.49. The summed E-state index contributed by atoms with van der Waals surface area (Å²) in [6, 6.07) is 3.13. The molecule has 3 rings (SSSR count). The van der Waals surface area contributed by atoms with Crippen molar-refractivity contribution in [3.8, 4) is 11.4 Å². The Morgan fingerprint density at radius 2 is 1.90 bits per heavy atom. The van der Waals surface area contributed by atoms with E-state index in [1.165, 1.54) is 6.33 Å². The maximum Gasteiger partial charge on any atom is 0.379 e. The highest BCUT2D eigenvalue weighted by Crippen LogP contribution is 2.34. The lowest BCUT2D eigenvalue weighted by molar-refractivity contribution is 0.0858. The van der Waals surface area contributed by atoms with Gasteiger partial charge in [0, 0.05) is 10.0 Å². The molecular formula is C10H4BrClF2N6. The fourth-order valence-corrected chi connectivity index (χ4v) is 2.26. The second-order valence-corrected chi connectivity index (χ2v) is 5.13. The quantitative estimate of drug-likeness (QED) is 0.710. The van der Waals surface area contributed by atoms with Crippen LogP contribution in [0.1, 0.15) is 5.82 Å². The molecule has 20 heavy (non-hydrogen) atoms. The Kier molecular flexibility index (Phi) is 3.09. The van der Waals surface area contributed by atoms with Crippen LogP contribution in [0, 0.1) is 0 Å². The van der Waals surface area contributed by atoms with Gasteiger partial charge in [-0.25, -0.2) is 4.98 Å². The van der Waals surface area contributed by atoms with Gasteiger partial charge in [0.2, 0.25) is 5.82 Å². The number of benzene rings is 1. The molecular weight excluding hydrogens is 358 g/mol. The first-order valence-electron chi connectivity index (χ1n) is 5.22. The molecule has 0 unspecified atom stereocenters. The Balaban J connectivity index is 2.19. The number of alkyl halides is 3. The molecule has 0 saturated heterocycles. The molecule has 0 atom stereocenters. The smallest absolute Gasteiger partial charge is 0.336 e. The van der Waals surface area contributed by atoms with Crippen LogP contribution in [0.5, 0.6) is 0 Å². The van der Waals surface area contributed by atoms with Gasteiger partial charge in [-0.1, -0.05) is 0 Å². The van der Waals surface area contributed by atoms with Crippen molar-refractivity contribution >= 4 is 38.6 Å². The lowest BCUT2D eigenvalue weighted by Gasteiger charge is -2.01. The zero-order chi connectivity index (χ0) is 14.3. The van der Waals surface area contributed by atoms with Gasteiger partial charge in [0.15, 0.2) is 12.2 Å². The third-order valence-corrected chi connectivity index (χ3v) is 3.32. The average Bonchev–Trinajstić information content (AvgIpc) is 2.81. The Labute approximate surface area is 123 Å². The van der Waals surface area contributed by atoms with Gasteiger partial charge in [-0.15, -0.1) is 20.4 Å². The SMILES string of the molecule is FC(F)(Cl)c1nc2cc(-c3nncnn3)c(Br)cc2[nH]1. The zero-order valence-electron chi connectivity index (χ0n) is 9.48. The highest BCUT2D eigenvalue weighted by molar-refractivity contribution is 9.10. The average molecular weight is 362 g/mol. The summed E-state index contributed by atoms with van der Waals surface area (Å²) >= 11 is 8.25. The predicted molar refractivity (Wildman–Crippen MR) is 70.2 cm³/mol. The number of halogens is 4. The molecule has 1 aromatic carbocycles. The monoisotopic (exact) mass is 360 g/mol. The van der Waals surface area contributed by atoms with Gasteiger partial charge in [-0.2, -0.15) is 8.78 Å². The lowest BCUT2D eigenvalue weighted by atomic mass is 10.2. The van der Waals surface area contributed by atoms with E-state index in [4.69, 9.17) is 11.6 Å². The minimum absolute atomic E-state index is 0.253. The van der Waals surface area contributed by atoms with Crippen LogP contribution in [0.2, 0.25) is 0 Å². The van der Waals surface area contributed by atoms with Gasteiger partial charge < -0.3 is 4.98 Å². The summed E-state index contributed by atoms with van der Waals surface area (Å²) in [5, 5.41) is 11.3. The molecule has 3 aromatic rings. The van der Waals surface area contributed by atoms with Crippen LogP contribution in [0.3, 0.4) is 0 Å². The van der Waals surface area contributed by atoms with Crippen LogP contribution in [0.15, 0.2) is 22.9 Å². The van der Waals surface area contributed by atoms with Crippen LogP contribution in [0.4, 0.5) is 8.78 Å². The normalized spacial score (nSPS) is 12.0. The van der Waals surface area contributed by atoms with Crippen molar-refractivity contribution in [1.29, 1.82) is 0 Å². The van der Waals surface area contributed by atoms with Crippen molar-refractivity contribution in [3.63, 3.8) is 0 Å². The van der Waals surface area contributed by atoms with Gasteiger partial charge in [-0.05, 0) is 39.7 Å². The van der Waals surface area contributed by atoms with E-state index in [-0.39, 0.29) is 5.82 Å². The number of hydrogen-bond acceptors (Lipinski definition) is 5. The van der Waals surface area contributed by atoms with Crippen LogP contribution in [-0.2, 0) is 5.38 Å². The molecule has 2 aromatic heterocycles. The van der Waals surface area contributed by atoms with Crippen molar-refractivity contribution < 1.29 is 8.78 Å². The molecule has 0 bridgehead atoms. The highest BCUT2D eigenvalue weighted by atomic mass is 79.9. The molecule has 0 radical (unpaired) electrons. The van der Waals surface area contributed by atoms with Gasteiger partial charge in [-0.3, -0.25) is 0 Å². The fourth-order valence-electron chi connectivity index (χ4n) is 1.65. The number of H-pyrrole nitrogens is 1. The Hall–Kier alpha value is -1.74. The second-order valence-electron chi connectivity index (χ2n) is 3.80. The molecule has 0 aliphatic heterocycles. The highest BCUT2D eigenvalue weighted by Gasteiger charge is 2.32. The number of nitrogens with one attached hydrogen (secondary N) is 1. The predicted octanol–water partition coefficient (Wildman–Crippen LogP) is 2.86. The van der Waals surface area contributed by atoms with Gasteiger partial charge >= 0.3 is 5.38 Å². The first kappa shape index (κ1) is 13.3. The Bertz CT molecular complexity index is 773. The molecule has 102 valence electrons. The third kappa shape index (κ3) is 2.34. The summed E-state index contributed by atoms with van der Waals surface area (Å²) in [5.74, 6) is -0.369. The van der Waals surface area contributed by atoms with Crippen LogP contribution < -0.4 is 0 Å². The summed E-state index contributed by atoms with van der Waals surface area (Å²) in [4.78, 5) is 6.22. The van der Waals surface area contributed by atoms with E-state index in [2.05, 4.69) is 46.3 Å². The maximum atomic E-state index is 13.0. The number of nitrogens with zero attached hydrogens (tertiary/aromatic N) is 5. The fraction of sp³-hybridized carbons (Fsp3) is 0.100. The minimum Gasteiger partial charge on any atom is -0.336 e. The number of fused-ring (bicyclic) bond motifs is 1. The van der Waals surface area contributed by atoms with Crippen molar-refractivity contribution in [2.75, 3.05) is 0 Å². The standard InChI is InChI=1S/C10H4BrClF2N6/c11-5-2-7-6(17-9(18-7)10(12,13)14)1-4(5)8-19-15-3-16-20-8/h1-3H,(H,17,18). The van der Waals surface area contributed by atoms with Gasteiger partial charge in [0.05, 0.1) is 11.0 Å². The van der Waals surface area contributed by atoms with E-state index in [9.17, 15) is 8.78 Å². The van der Waals surface area contributed by atoms with E-state index < -0.39 is 11.2 Å². The number of imidazole rings is 1. The van der Waals surface area contributed by atoms with E-state index in [0.29, 0.717) is 21.1 Å². The summed E-state index contributed by atoms with van der Waals surface area (Å²) in [5.41, 5.74) is 1.26. The van der Waals surface area contributed by atoms with Crippen LogP contribution >= 0.6 is 27.5 Å².